The topological polar surface area (TPSA) is 58.4 Å². The van der Waals surface area contributed by atoms with Crippen molar-refractivity contribution in [2.75, 3.05) is 20.1 Å². The number of benzene rings is 1. The van der Waals surface area contributed by atoms with Crippen LogP contribution in [-0.2, 0) is 11.3 Å². The third kappa shape index (κ3) is 5.36. The number of hydrogen-bond donors (Lipinski definition) is 2. The van der Waals surface area contributed by atoms with Crippen molar-refractivity contribution in [1.82, 2.24) is 10.2 Å². The van der Waals surface area contributed by atoms with Crippen molar-refractivity contribution in [2.45, 2.75) is 19.9 Å². The van der Waals surface area contributed by atoms with Crippen molar-refractivity contribution >= 4 is 23.1 Å². The smallest absolute Gasteiger partial charge is 0.233 e. The molecule has 1 amide bonds. The van der Waals surface area contributed by atoms with Crippen LogP contribution in [0.2, 0.25) is 0 Å². The van der Waals surface area contributed by atoms with Gasteiger partial charge in [0.05, 0.1) is 6.54 Å². The van der Waals surface area contributed by atoms with Gasteiger partial charge in [0.2, 0.25) is 5.91 Å². The van der Waals surface area contributed by atoms with Crippen LogP contribution >= 0.6 is 12.2 Å². The fraction of sp³-hybridized carbons (Fsp3) is 0.429. The molecule has 1 rings (SSSR count). The summed E-state index contributed by atoms with van der Waals surface area (Å²) in [6.07, 6.45) is 1.01. The van der Waals surface area contributed by atoms with Crippen LogP contribution in [-0.4, -0.2) is 35.9 Å². The number of nitrogens with two attached hydrogens (primary N) is 1. The normalized spacial score (nSPS) is 10.5. The van der Waals surface area contributed by atoms with Gasteiger partial charge in [-0.25, -0.2) is 0 Å². The van der Waals surface area contributed by atoms with Crippen molar-refractivity contribution in [3.63, 3.8) is 0 Å². The maximum atomic E-state index is 11.5. The first-order chi connectivity index (χ1) is 9.06. The van der Waals surface area contributed by atoms with E-state index in [9.17, 15) is 4.79 Å². The lowest BCUT2D eigenvalue weighted by Gasteiger charge is -2.21. The summed E-state index contributed by atoms with van der Waals surface area (Å²) in [7, 11) is 1.65. The van der Waals surface area contributed by atoms with Gasteiger partial charge in [0.1, 0.15) is 4.99 Å². The van der Waals surface area contributed by atoms with E-state index in [1.807, 2.05) is 24.3 Å². The van der Waals surface area contributed by atoms with Crippen LogP contribution in [0.1, 0.15) is 24.5 Å². The monoisotopic (exact) mass is 279 g/mol. The van der Waals surface area contributed by atoms with Crippen LogP contribution in [0.4, 0.5) is 0 Å². The average molecular weight is 279 g/mol. The molecule has 104 valence electrons. The summed E-state index contributed by atoms with van der Waals surface area (Å²) in [6.45, 7) is 4.10. The zero-order valence-corrected chi connectivity index (χ0v) is 12.3. The van der Waals surface area contributed by atoms with E-state index in [-0.39, 0.29) is 5.91 Å². The molecule has 1 aromatic rings. The summed E-state index contributed by atoms with van der Waals surface area (Å²) in [5, 5.41) is 2.65. The minimum absolute atomic E-state index is 0.0268. The Morgan fingerprint density at radius 1 is 1.47 bits per heavy atom. The van der Waals surface area contributed by atoms with E-state index >= 15 is 0 Å². The zero-order chi connectivity index (χ0) is 14.3. The van der Waals surface area contributed by atoms with Crippen molar-refractivity contribution in [3.8, 4) is 0 Å². The molecule has 5 heteroatoms. The third-order valence-electron chi connectivity index (χ3n) is 2.80. The van der Waals surface area contributed by atoms with Gasteiger partial charge in [-0.15, -0.1) is 0 Å². The summed E-state index contributed by atoms with van der Waals surface area (Å²) in [5.74, 6) is 0.0268. The maximum absolute atomic E-state index is 11.5. The highest BCUT2D eigenvalue weighted by molar-refractivity contribution is 7.80. The summed E-state index contributed by atoms with van der Waals surface area (Å²) >= 11 is 4.98. The van der Waals surface area contributed by atoms with E-state index in [0.29, 0.717) is 11.5 Å². The standard InChI is InChI=1S/C14H21N3OS/c1-3-7-17(10-13(18)16-2)9-11-5-4-6-12(8-11)14(15)19/h4-6,8H,3,7,9-10H2,1-2H3,(H2,15,19)(H,16,18). The first kappa shape index (κ1) is 15.6. The number of likely N-dealkylation sites (N-methyl/N-ethyl adjacent to an activating group) is 1. The van der Waals surface area contributed by atoms with Gasteiger partial charge in [0.15, 0.2) is 0 Å². The lowest BCUT2D eigenvalue weighted by atomic mass is 10.1. The second-order valence-electron chi connectivity index (χ2n) is 4.45. The number of nitrogens with zero attached hydrogens (tertiary/aromatic N) is 1. The third-order valence-corrected chi connectivity index (χ3v) is 3.04. The van der Waals surface area contributed by atoms with E-state index in [4.69, 9.17) is 18.0 Å². The van der Waals surface area contributed by atoms with Gasteiger partial charge < -0.3 is 11.1 Å². The second kappa shape index (κ2) is 7.86. The molecule has 0 unspecified atom stereocenters. The van der Waals surface area contributed by atoms with Gasteiger partial charge in [-0.2, -0.15) is 0 Å². The molecule has 0 spiro atoms. The van der Waals surface area contributed by atoms with Crippen molar-refractivity contribution in [2.24, 2.45) is 5.73 Å². The predicted octanol–water partition coefficient (Wildman–Crippen LogP) is 1.28. The molecule has 0 aromatic heterocycles. The van der Waals surface area contributed by atoms with Gasteiger partial charge in [0, 0.05) is 19.2 Å². The average Bonchev–Trinajstić information content (AvgIpc) is 2.39. The Morgan fingerprint density at radius 2 is 2.21 bits per heavy atom. The minimum atomic E-state index is 0.0268. The first-order valence-corrected chi connectivity index (χ1v) is 6.79. The first-order valence-electron chi connectivity index (χ1n) is 6.38. The molecule has 0 atom stereocenters. The highest BCUT2D eigenvalue weighted by Gasteiger charge is 2.10. The molecule has 0 fully saturated rings. The molecular weight excluding hydrogens is 258 g/mol. The van der Waals surface area contributed by atoms with E-state index < -0.39 is 0 Å². The SMILES string of the molecule is CCCN(CC(=O)NC)Cc1cccc(C(N)=S)c1. The van der Waals surface area contributed by atoms with Crippen LogP contribution in [0.3, 0.4) is 0 Å². The van der Waals surface area contributed by atoms with Crippen LogP contribution in [0, 0.1) is 0 Å². The van der Waals surface area contributed by atoms with E-state index in [1.165, 1.54) is 0 Å². The highest BCUT2D eigenvalue weighted by atomic mass is 32.1. The van der Waals surface area contributed by atoms with Crippen molar-refractivity contribution in [3.05, 3.63) is 35.4 Å². The lowest BCUT2D eigenvalue weighted by Crippen LogP contribution is -2.35. The van der Waals surface area contributed by atoms with Gasteiger partial charge >= 0.3 is 0 Å². The Morgan fingerprint density at radius 3 is 2.79 bits per heavy atom. The molecule has 0 aliphatic heterocycles. The largest absolute Gasteiger partial charge is 0.389 e. The molecule has 0 aliphatic rings. The number of hydrogen-bond acceptors (Lipinski definition) is 3. The highest BCUT2D eigenvalue weighted by Crippen LogP contribution is 2.09. The molecule has 0 aliphatic carbocycles. The lowest BCUT2D eigenvalue weighted by molar-refractivity contribution is -0.121. The van der Waals surface area contributed by atoms with E-state index in [1.54, 1.807) is 7.05 Å². The van der Waals surface area contributed by atoms with E-state index in [0.717, 1.165) is 30.6 Å². The van der Waals surface area contributed by atoms with Gasteiger partial charge in [-0.05, 0) is 24.6 Å². The Labute approximate surface area is 120 Å². The summed E-state index contributed by atoms with van der Waals surface area (Å²) in [6, 6.07) is 7.84. The van der Waals surface area contributed by atoms with Crippen molar-refractivity contribution < 1.29 is 4.79 Å². The molecular formula is C14H21N3OS. The number of thiocarbonyl (C=S) groups is 1. The number of carbonyl (C=O) groups is 1. The fourth-order valence-electron chi connectivity index (χ4n) is 1.89. The number of nitrogens with one attached hydrogen (secondary N) is 1. The fourth-order valence-corrected chi connectivity index (χ4v) is 2.02. The van der Waals surface area contributed by atoms with Gasteiger partial charge in [-0.3, -0.25) is 9.69 Å². The molecule has 0 heterocycles. The van der Waals surface area contributed by atoms with Crippen molar-refractivity contribution in [1.29, 1.82) is 0 Å². The minimum Gasteiger partial charge on any atom is -0.389 e. The van der Waals surface area contributed by atoms with Crippen LogP contribution < -0.4 is 11.1 Å². The Bertz CT molecular complexity index is 448. The molecule has 3 N–H and O–H groups in total. The maximum Gasteiger partial charge on any atom is 0.233 e. The number of carbonyl (C=O) groups excluding carboxylic acids is 1. The van der Waals surface area contributed by atoms with Gasteiger partial charge in [0.25, 0.3) is 0 Å². The molecule has 0 bridgehead atoms. The summed E-state index contributed by atoms with van der Waals surface area (Å²) in [5.41, 5.74) is 7.61. The van der Waals surface area contributed by atoms with Crippen LogP contribution in [0.25, 0.3) is 0 Å². The zero-order valence-electron chi connectivity index (χ0n) is 11.5. The van der Waals surface area contributed by atoms with Gasteiger partial charge in [-0.1, -0.05) is 37.3 Å². The molecule has 0 saturated heterocycles. The summed E-state index contributed by atoms with van der Waals surface area (Å²) in [4.78, 5) is 14.0. The van der Waals surface area contributed by atoms with E-state index in [2.05, 4.69) is 17.1 Å². The molecule has 4 nitrogen and oxygen atoms in total. The summed E-state index contributed by atoms with van der Waals surface area (Å²) < 4.78 is 0. The number of amides is 1. The predicted molar refractivity (Wildman–Crippen MR) is 82.0 cm³/mol. The Kier molecular flexibility index (Phi) is 6.45. The molecule has 0 saturated carbocycles. The number of rotatable bonds is 7. The van der Waals surface area contributed by atoms with Crippen LogP contribution in [0.15, 0.2) is 24.3 Å². The molecule has 0 radical (unpaired) electrons. The Hall–Kier alpha value is -1.46. The van der Waals surface area contributed by atoms with Crippen LogP contribution in [0.5, 0.6) is 0 Å². The molecule has 19 heavy (non-hydrogen) atoms. The molecule has 1 aromatic carbocycles. The Balaban J connectivity index is 2.75. The quantitative estimate of drug-likeness (QED) is 0.738. The second-order valence-corrected chi connectivity index (χ2v) is 4.89.